The maximum atomic E-state index is 14.6. The Kier molecular flexibility index (Phi) is 8.98. The number of benzene rings is 2. The van der Waals surface area contributed by atoms with E-state index in [0.29, 0.717) is 24.7 Å². The molecule has 2 heteroatoms. The van der Waals surface area contributed by atoms with E-state index in [2.05, 4.69) is 37.3 Å². The van der Waals surface area contributed by atoms with Crippen molar-refractivity contribution in [2.45, 2.75) is 96.3 Å². The van der Waals surface area contributed by atoms with Gasteiger partial charge in [-0.3, -0.25) is 0 Å². The molecule has 0 spiro atoms. The average molecular weight is 465 g/mol. The zero-order valence-corrected chi connectivity index (χ0v) is 21.1. The quantitative estimate of drug-likeness (QED) is 0.341. The average Bonchev–Trinajstić information content (AvgIpc) is 2.87. The third kappa shape index (κ3) is 6.37. The van der Waals surface area contributed by atoms with Crippen LogP contribution in [0.25, 0.3) is 0 Å². The fourth-order valence-corrected chi connectivity index (χ4v) is 6.73. The van der Waals surface area contributed by atoms with E-state index in [9.17, 15) is 8.78 Å². The molecule has 2 fully saturated rings. The van der Waals surface area contributed by atoms with Crippen LogP contribution in [0.2, 0.25) is 0 Å². The van der Waals surface area contributed by atoms with Gasteiger partial charge in [-0.25, -0.2) is 8.78 Å². The summed E-state index contributed by atoms with van der Waals surface area (Å²) in [5.41, 5.74) is 2.59. The van der Waals surface area contributed by atoms with Crippen LogP contribution < -0.4 is 0 Å². The normalized spacial score (nSPS) is 26.6. The molecule has 4 rings (SSSR count). The number of halogens is 2. The Bertz CT molecular complexity index is 892. The first-order chi connectivity index (χ1) is 16.5. The maximum absolute atomic E-state index is 14.6. The van der Waals surface area contributed by atoms with Gasteiger partial charge < -0.3 is 0 Å². The Labute approximate surface area is 205 Å². The molecule has 2 aliphatic rings. The molecule has 0 radical (unpaired) electrons. The predicted octanol–water partition coefficient (Wildman–Crippen LogP) is 9.75. The summed E-state index contributed by atoms with van der Waals surface area (Å²) in [4.78, 5) is 0. The number of rotatable bonds is 8. The first-order valence-corrected chi connectivity index (χ1v) is 13.7. The van der Waals surface area contributed by atoms with Crippen LogP contribution in [0.1, 0.15) is 107 Å². The highest BCUT2D eigenvalue weighted by Crippen LogP contribution is 2.45. The summed E-state index contributed by atoms with van der Waals surface area (Å²) in [5, 5.41) is 0. The highest BCUT2D eigenvalue weighted by atomic mass is 19.1. The van der Waals surface area contributed by atoms with Gasteiger partial charge in [-0.05, 0) is 118 Å². The maximum Gasteiger partial charge on any atom is 0.129 e. The van der Waals surface area contributed by atoms with Crippen LogP contribution in [0.5, 0.6) is 0 Å². The summed E-state index contributed by atoms with van der Waals surface area (Å²) < 4.78 is 29.3. The van der Waals surface area contributed by atoms with Crippen molar-refractivity contribution in [3.63, 3.8) is 0 Å². The molecule has 2 saturated carbocycles. The van der Waals surface area contributed by atoms with E-state index in [1.807, 2.05) is 19.1 Å². The second-order valence-electron chi connectivity index (χ2n) is 11.0. The fourth-order valence-electron chi connectivity index (χ4n) is 6.73. The number of hydrogen-bond donors (Lipinski definition) is 0. The van der Waals surface area contributed by atoms with Crippen LogP contribution >= 0.6 is 0 Å². The van der Waals surface area contributed by atoms with Crippen molar-refractivity contribution in [3.05, 3.63) is 82.9 Å². The number of allylic oxidation sites excluding steroid dienone is 2. The van der Waals surface area contributed by atoms with E-state index >= 15 is 0 Å². The van der Waals surface area contributed by atoms with Crippen LogP contribution in [0.15, 0.2) is 54.6 Å². The summed E-state index contributed by atoms with van der Waals surface area (Å²) in [7, 11) is 0. The molecule has 0 aromatic heterocycles. The van der Waals surface area contributed by atoms with Crippen LogP contribution in [-0.4, -0.2) is 0 Å². The molecular weight excluding hydrogens is 422 g/mol. The lowest BCUT2D eigenvalue weighted by Gasteiger charge is -2.38. The van der Waals surface area contributed by atoms with Gasteiger partial charge in [0, 0.05) is 5.56 Å². The van der Waals surface area contributed by atoms with E-state index in [1.54, 1.807) is 12.1 Å². The van der Waals surface area contributed by atoms with E-state index in [-0.39, 0.29) is 17.2 Å². The highest BCUT2D eigenvalue weighted by Gasteiger charge is 2.32. The van der Waals surface area contributed by atoms with Crippen LogP contribution in [-0.2, 0) is 6.42 Å². The SMILES string of the molecule is CC=CCCc1c(F)cc(C2CCC(C3CCC(C[C@H](C)c4ccccc4)CC3)CC2)cc1F. The second-order valence-corrected chi connectivity index (χ2v) is 11.0. The minimum Gasteiger partial charge on any atom is -0.207 e. The molecule has 34 heavy (non-hydrogen) atoms. The Morgan fingerprint density at radius 2 is 1.44 bits per heavy atom. The largest absolute Gasteiger partial charge is 0.207 e. The van der Waals surface area contributed by atoms with E-state index in [0.717, 1.165) is 36.2 Å². The van der Waals surface area contributed by atoms with Gasteiger partial charge in [-0.1, -0.05) is 62.2 Å². The Morgan fingerprint density at radius 3 is 2.03 bits per heavy atom. The Balaban J connectivity index is 1.24. The first-order valence-electron chi connectivity index (χ1n) is 13.7. The Morgan fingerprint density at radius 1 is 0.853 bits per heavy atom. The van der Waals surface area contributed by atoms with Crippen LogP contribution in [0.3, 0.4) is 0 Å². The lowest BCUT2D eigenvalue weighted by atomic mass is 9.67. The topological polar surface area (TPSA) is 0 Å². The smallest absolute Gasteiger partial charge is 0.129 e. The van der Waals surface area contributed by atoms with E-state index < -0.39 is 0 Å². The summed E-state index contributed by atoms with van der Waals surface area (Å²) in [6.07, 6.45) is 16.4. The second kappa shape index (κ2) is 12.1. The van der Waals surface area contributed by atoms with Gasteiger partial charge in [-0.2, -0.15) is 0 Å². The highest BCUT2D eigenvalue weighted by molar-refractivity contribution is 5.29. The molecule has 0 unspecified atom stereocenters. The van der Waals surface area contributed by atoms with Gasteiger partial charge in [0.05, 0.1) is 0 Å². The standard InChI is InChI=1S/C32H42F2/c1-3-4-6-11-30-31(33)21-29(22-32(30)34)28-18-16-27(17-19-28)26-14-12-24(13-15-26)20-23(2)25-9-7-5-8-10-25/h3-5,7-10,21-24,26-28H,6,11-20H2,1-2H3/t23-,24?,26?,27?,28?/m0/s1. The minimum absolute atomic E-state index is 0.244. The van der Waals surface area contributed by atoms with Gasteiger partial charge in [0.2, 0.25) is 0 Å². The number of hydrogen-bond acceptors (Lipinski definition) is 0. The van der Waals surface area contributed by atoms with Crippen LogP contribution in [0.4, 0.5) is 8.78 Å². The van der Waals surface area contributed by atoms with Gasteiger partial charge in [-0.15, -0.1) is 0 Å². The third-order valence-electron chi connectivity index (χ3n) is 8.82. The zero-order valence-electron chi connectivity index (χ0n) is 21.1. The molecule has 2 aromatic carbocycles. The molecule has 0 saturated heterocycles. The monoisotopic (exact) mass is 464 g/mol. The summed E-state index contributed by atoms with van der Waals surface area (Å²) in [6.45, 7) is 4.31. The van der Waals surface area contributed by atoms with Gasteiger partial charge >= 0.3 is 0 Å². The van der Waals surface area contributed by atoms with Crippen molar-refractivity contribution < 1.29 is 8.78 Å². The molecule has 0 heterocycles. The Hall–Kier alpha value is -1.96. The molecule has 0 amide bonds. The van der Waals surface area contributed by atoms with E-state index in [4.69, 9.17) is 0 Å². The molecular formula is C32H42F2. The van der Waals surface area contributed by atoms with Gasteiger partial charge in [0.15, 0.2) is 0 Å². The van der Waals surface area contributed by atoms with Gasteiger partial charge in [0.25, 0.3) is 0 Å². The van der Waals surface area contributed by atoms with Crippen molar-refractivity contribution >= 4 is 0 Å². The van der Waals surface area contributed by atoms with Crippen molar-refractivity contribution in [2.24, 2.45) is 17.8 Å². The zero-order chi connectivity index (χ0) is 23.9. The predicted molar refractivity (Wildman–Crippen MR) is 139 cm³/mol. The van der Waals surface area contributed by atoms with Crippen LogP contribution in [0, 0.1) is 29.4 Å². The van der Waals surface area contributed by atoms with Gasteiger partial charge in [0.1, 0.15) is 11.6 Å². The molecule has 184 valence electrons. The molecule has 0 aliphatic heterocycles. The van der Waals surface area contributed by atoms with E-state index in [1.165, 1.54) is 50.5 Å². The summed E-state index contributed by atoms with van der Waals surface area (Å²) in [5.74, 6) is 2.76. The molecule has 2 aromatic rings. The molecule has 0 bridgehead atoms. The summed E-state index contributed by atoms with van der Waals surface area (Å²) in [6, 6.07) is 14.2. The molecule has 2 aliphatic carbocycles. The fraction of sp³-hybridized carbons (Fsp3) is 0.562. The molecule has 1 atom stereocenters. The van der Waals surface area contributed by atoms with Crippen molar-refractivity contribution in [1.82, 2.24) is 0 Å². The third-order valence-corrected chi connectivity index (χ3v) is 8.82. The van der Waals surface area contributed by atoms with Crippen molar-refractivity contribution in [1.29, 1.82) is 0 Å². The summed E-state index contributed by atoms with van der Waals surface area (Å²) >= 11 is 0. The van der Waals surface area contributed by atoms with Crippen molar-refractivity contribution in [2.75, 3.05) is 0 Å². The lowest BCUT2D eigenvalue weighted by Crippen LogP contribution is -2.26. The molecule has 0 nitrogen and oxygen atoms in total. The first kappa shape index (κ1) is 25.1. The lowest BCUT2D eigenvalue weighted by molar-refractivity contribution is 0.154. The minimum atomic E-state index is -0.357. The molecule has 0 N–H and O–H groups in total. The van der Waals surface area contributed by atoms with Crippen molar-refractivity contribution in [3.8, 4) is 0 Å².